The number of fused-ring (bicyclic) bond motifs is 1. The lowest BCUT2D eigenvalue weighted by molar-refractivity contribution is 0.0951. The number of aromatic nitrogens is 5. The molecule has 26 heavy (non-hydrogen) atoms. The predicted octanol–water partition coefficient (Wildman–Crippen LogP) is 2.86. The van der Waals surface area contributed by atoms with Crippen LogP contribution in [0, 0.1) is 0 Å². The lowest BCUT2D eigenvalue weighted by Gasteiger charge is -2.21. The zero-order chi connectivity index (χ0) is 17.8. The fourth-order valence-electron chi connectivity index (χ4n) is 3.78. The van der Waals surface area contributed by atoms with Crippen molar-refractivity contribution in [2.45, 2.75) is 50.9 Å². The summed E-state index contributed by atoms with van der Waals surface area (Å²) in [4.78, 5) is 12.5. The Bertz CT molecular complexity index is 877. The van der Waals surface area contributed by atoms with Crippen molar-refractivity contribution in [2.24, 2.45) is 0 Å². The molecule has 0 bridgehead atoms. The molecule has 0 aliphatic heterocycles. The molecule has 1 aliphatic carbocycles. The van der Waals surface area contributed by atoms with Crippen LogP contribution in [0.4, 0.5) is 0 Å². The summed E-state index contributed by atoms with van der Waals surface area (Å²) < 4.78 is 1.99. The SMILES string of the molecule is O=C(NCCCc1nnc2ccccn12)c1cn[nH]c1C1CCCCC1. The van der Waals surface area contributed by atoms with Crippen LogP contribution in [0.25, 0.3) is 5.65 Å². The van der Waals surface area contributed by atoms with E-state index in [1.54, 1.807) is 6.20 Å². The molecular formula is C19H24N6O. The highest BCUT2D eigenvalue weighted by atomic mass is 16.1. The number of nitrogens with zero attached hydrogens (tertiary/aromatic N) is 4. The van der Waals surface area contributed by atoms with Crippen molar-refractivity contribution in [1.29, 1.82) is 0 Å². The van der Waals surface area contributed by atoms with Crippen LogP contribution in [0.3, 0.4) is 0 Å². The van der Waals surface area contributed by atoms with E-state index in [2.05, 4.69) is 25.7 Å². The van der Waals surface area contributed by atoms with Gasteiger partial charge >= 0.3 is 0 Å². The van der Waals surface area contributed by atoms with Crippen molar-refractivity contribution in [2.75, 3.05) is 6.54 Å². The molecule has 7 heteroatoms. The number of nitrogens with one attached hydrogen (secondary N) is 2. The minimum atomic E-state index is -0.0366. The number of carbonyl (C=O) groups excluding carboxylic acids is 1. The largest absolute Gasteiger partial charge is 0.352 e. The fraction of sp³-hybridized carbons (Fsp3) is 0.474. The third-order valence-corrected chi connectivity index (χ3v) is 5.17. The van der Waals surface area contributed by atoms with Gasteiger partial charge in [0.05, 0.1) is 17.5 Å². The van der Waals surface area contributed by atoms with E-state index in [0.29, 0.717) is 18.0 Å². The molecule has 2 N–H and O–H groups in total. The van der Waals surface area contributed by atoms with Crippen LogP contribution in [0.1, 0.15) is 66.3 Å². The summed E-state index contributed by atoms with van der Waals surface area (Å²) in [6.45, 7) is 0.607. The lowest BCUT2D eigenvalue weighted by Crippen LogP contribution is -2.26. The molecule has 0 spiro atoms. The third-order valence-electron chi connectivity index (χ3n) is 5.17. The van der Waals surface area contributed by atoms with Gasteiger partial charge in [0.25, 0.3) is 5.91 Å². The number of aryl methyl sites for hydroxylation is 1. The standard InChI is InChI=1S/C19H24N6O/c26-19(15-13-21-24-18(15)14-7-2-1-3-8-14)20-11-6-10-17-23-22-16-9-4-5-12-25(16)17/h4-5,9,12-14H,1-3,6-8,10-11H2,(H,20,26)(H,21,24). The maximum Gasteiger partial charge on any atom is 0.254 e. The van der Waals surface area contributed by atoms with Gasteiger partial charge in [0.2, 0.25) is 0 Å². The van der Waals surface area contributed by atoms with Gasteiger partial charge in [0.15, 0.2) is 5.65 Å². The van der Waals surface area contributed by atoms with E-state index < -0.39 is 0 Å². The maximum absolute atomic E-state index is 12.5. The van der Waals surface area contributed by atoms with Crippen LogP contribution in [-0.4, -0.2) is 37.2 Å². The average Bonchev–Trinajstić information content (AvgIpc) is 3.33. The Labute approximate surface area is 152 Å². The first kappa shape index (κ1) is 16.8. The van der Waals surface area contributed by atoms with Gasteiger partial charge in [-0.1, -0.05) is 25.3 Å². The van der Waals surface area contributed by atoms with Gasteiger partial charge in [-0.2, -0.15) is 5.10 Å². The van der Waals surface area contributed by atoms with Crippen molar-refractivity contribution in [3.8, 4) is 0 Å². The van der Waals surface area contributed by atoms with Crippen molar-refractivity contribution < 1.29 is 4.79 Å². The first-order valence-electron chi connectivity index (χ1n) is 9.43. The molecule has 0 saturated heterocycles. The second-order valence-corrected chi connectivity index (χ2v) is 6.94. The molecule has 1 saturated carbocycles. The Morgan fingerprint density at radius 2 is 2.12 bits per heavy atom. The lowest BCUT2D eigenvalue weighted by atomic mass is 9.85. The molecule has 4 rings (SSSR count). The summed E-state index contributed by atoms with van der Waals surface area (Å²) in [5.41, 5.74) is 2.55. The summed E-state index contributed by atoms with van der Waals surface area (Å²) in [6, 6.07) is 5.85. The molecule has 1 aliphatic rings. The zero-order valence-corrected chi connectivity index (χ0v) is 14.8. The molecule has 0 aromatic carbocycles. The Hall–Kier alpha value is -2.70. The first-order valence-corrected chi connectivity index (χ1v) is 9.43. The molecule has 0 atom stereocenters. The molecule has 7 nitrogen and oxygen atoms in total. The number of carbonyl (C=O) groups is 1. The van der Waals surface area contributed by atoms with E-state index in [1.165, 1.54) is 19.3 Å². The highest BCUT2D eigenvalue weighted by molar-refractivity contribution is 5.95. The van der Waals surface area contributed by atoms with Gasteiger partial charge in [0.1, 0.15) is 5.82 Å². The van der Waals surface area contributed by atoms with Crippen molar-refractivity contribution in [3.63, 3.8) is 0 Å². The minimum absolute atomic E-state index is 0.0366. The summed E-state index contributed by atoms with van der Waals surface area (Å²) in [5.74, 6) is 1.32. The van der Waals surface area contributed by atoms with Gasteiger partial charge in [-0.15, -0.1) is 10.2 Å². The van der Waals surface area contributed by atoms with E-state index in [-0.39, 0.29) is 5.91 Å². The molecule has 1 fully saturated rings. The predicted molar refractivity (Wildman–Crippen MR) is 98.1 cm³/mol. The molecule has 1 amide bonds. The van der Waals surface area contributed by atoms with Crippen LogP contribution in [0.2, 0.25) is 0 Å². The highest BCUT2D eigenvalue weighted by Gasteiger charge is 2.23. The fourth-order valence-corrected chi connectivity index (χ4v) is 3.78. The Balaban J connectivity index is 1.31. The number of pyridine rings is 1. The maximum atomic E-state index is 12.5. The van der Waals surface area contributed by atoms with Crippen molar-refractivity contribution in [3.05, 3.63) is 47.7 Å². The second-order valence-electron chi connectivity index (χ2n) is 6.94. The average molecular weight is 352 g/mol. The quantitative estimate of drug-likeness (QED) is 0.668. The Morgan fingerprint density at radius 3 is 3.00 bits per heavy atom. The summed E-state index contributed by atoms with van der Waals surface area (Å²) in [7, 11) is 0. The topological polar surface area (TPSA) is 88.0 Å². The number of hydrogen-bond donors (Lipinski definition) is 2. The van der Waals surface area contributed by atoms with Crippen LogP contribution in [-0.2, 0) is 6.42 Å². The molecule has 136 valence electrons. The Kier molecular flexibility index (Phi) is 4.95. The highest BCUT2D eigenvalue weighted by Crippen LogP contribution is 2.33. The molecule has 0 unspecified atom stereocenters. The monoisotopic (exact) mass is 352 g/mol. The number of rotatable bonds is 6. The summed E-state index contributed by atoms with van der Waals surface area (Å²) >= 11 is 0. The third kappa shape index (κ3) is 3.47. The summed E-state index contributed by atoms with van der Waals surface area (Å²) in [5, 5.41) is 18.6. The first-order chi connectivity index (χ1) is 12.8. The van der Waals surface area contributed by atoms with Gasteiger partial charge in [-0.3, -0.25) is 14.3 Å². The van der Waals surface area contributed by atoms with Crippen LogP contribution < -0.4 is 5.32 Å². The van der Waals surface area contributed by atoms with E-state index in [9.17, 15) is 4.79 Å². The Morgan fingerprint density at radius 1 is 1.23 bits per heavy atom. The van der Waals surface area contributed by atoms with Crippen LogP contribution in [0.5, 0.6) is 0 Å². The molecule has 3 aromatic rings. The number of aromatic amines is 1. The van der Waals surface area contributed by atoms with Crippen molar-refractivity contribution >= 4 is 11.6 Å². The van der Waals surface area contributed by atoms with Crippen LogP contribution in [0.15, 0.2) is 30.6 Å². The van der Waals surface area contributed by atoms with E-state index in [1.807, 2.05) is 28.8 Å². The second kappa shape index (κ2) is 7.68. The van der Waals surface area contributed by atoms with Gasteiger partial charge in [-0.25, -0.2) is 0 Å². The molecule has 0 radical (unpaired) electrons. The van der Waals surface area contributed by atoms with Crippen LogP contribution >= 0.6 is 0 Å². The van der Waals surface area contributed by atoms with Crippen molar-refractivity contribution in [1.82, 2.24) is 30.1 Å². The molecule has 3 aromatic heterocycles. The molecule has 3 heterocycles. The number of H-pyrrole nitrogens is 1. The van der Waals surface area contributed by atoms with Gasteiger partial charge < -0.3 is 5.32 Å². The number of hydrogen-bond acceptors (Lipinski definition) is 4. The minimum Gasteiger partial charge on any atom is -0.352 e. The van der Waals surface area contributed by atoms with Gasteiger partial charge in [-0.05, 0) is 31.4 Å². The molecular weight excluding hydrogens is 328 g/mol. The van der Waals surface area contributed by atoms with Gasteiger partial charge in [0, 0.05) is 25.1 Å². The van der Waals surface area contributed by atoms with E-state index >= 15 is 0 Å². The summed E-state index contributed by atoms with van der Waals surface area (Å²) in [6.07, 6.45) is 11.3. The number of amides is 1. The van der Waals surface area contributed by atoms with E-state index in [4.69, 9.17) is 0 Å². The smallest absolute Gasteiger partial charge is 0.254 e. The normalized spacial score (nSPS) is 15.4. The zero-order valence-electron chi connectivity index (χ0n) is 14.8. The van der Waals surface area contributed by atoms with E-state index in [0.717, 1.165) is 42.8 Å².